The number of aromatic carboxylic acids is 1. The third-order valence-electron chi connectivity index (χ3n) is 3.69. The SMILES string of the molecule is CC.CCCOc1ccc(-c2cc(C(=O)O)ccc2CC)cc1C. The van der Waals surface area contributed by atoms with Gasteiger partial charge in [-0.15, -0.1) is 0 Å². The summed E-state index contributed by atoms with van der Waals surface area (Å²) in [5, 5.41) is 9.20. The molecule has 0 atom stereocenters. The van der Waals surface area contributed by atoms with Crippen LogP contribution in [0.1, 0.15) is 55.6 Å². The van der Waals surface area contributed by atoms with E-state index in [4.69, 9.17) is 4.74 Å². The molecule has 0 radical (unpaired) electrons. The molecule has 0 saturated heterocycles. The summed E-state index contributed by atoms with van der Waals surface area (Å²) in [7, 11) is 0. The van der Waals surface area contributed by atoms with Crippen LogP contribution in [0.3, 0.4) is 0 Å². The maximum Gasteiger partial charge on any atom is 0.335 e. The van der Waals surface area contributed by atoms with Crippen molar-refractivity contribution in [2.45, 2.75) is 47.5 Å². The van der Waals surface area contributed by atoms with Gasteiger partial charge in [-0.1, -0.05) is 39.8 Å². The van der Waals surface area contributed by atoms with Gasteiger partial charge in [-0.05, 0) is 66.3 Å². The van der Waals surface area contributed by atoms with Gasteiger partial charge in [0.1, 0.15) is 5.75 Å². The van der Waals surface area contributed by atoms with Crippen molar-refractivity contribution >= 4 is 5.97 Å². The summed E-state index contributed by atoms with van der Waals surface area (Å²) in [6.07, 6.45) is 1.84. The minimum Gasteiger partial charge on any atom is -0.493 e. The molecule has 2 rings (SSSR count). The molecule has 0 aliphatic heterocycles. The molecule has 130 valence electrons. The first-order valence-corrected chi connectivity index (χ1v) is 8.66. The van der Waals surface area contributed by atoms with Gasteiger partial charge in [0, 0.05) is 0 Å². The Morgan fingerprint density at radius 1 is 1.08 bits per heavy atom. The quantitative estimate of drug-likeness (QED) is 0.735. The van der Waals surface area contributed by atoms with Crippen LogP contribution in [-0.4, -0.2) is 17.7 Å². The Bertz CT molecular complexity index is 675. The Balaban J connectivity index is 0.00000139. The lowest BCUT2D eigenvalue weighted by molar-refractivity contribution is 0.0697. The molecule has 3 nitrogen and oxygen atoms in total. The maximum absolute atomic E-state index is 11.2. The molecule has 0 saturated carbocycles. The number of ether oxygens (including phenoxy) is 1. The molecule has 3 heteroatoms. The van der Waals surface area contributed by atoms with Crippen molar-refractivity contribution in [2.75, 3.05) is 6.61 Å². The van der Waals surface area contributed by atoms with Crippen LogP contribution >= 0.6 is 0 Å². The van der Waals surface area contributed by atoms with E-state index in [1.165, 1.54) is 0 Å². The highest BCUT2D eigenvalue weighted by Gasteiger charge is 2.11. The number of carboxylic acid groups (broad SMARTS) is 1. The van der Waals surface area contributed by atoms with Crippen LogP contribution in [0.5, 0.6) is 5.75 Å². The van der Waals surface area contributed by atoms with Gasteiger partial charge in [-0.2, -0.15) is 0 Å². The van der Waals surface area contributed by atoms with E-state index in [0.29, 0.717) is 12.2 Å². The van der Waals surface area contributed by atoms with Crippen LogP contribution in [0, 0.1) is 6.92 Å². The molecule has 2 aromatic rings. The summed E-state index contributed by atoms with van der Waals surface area (Å²) in [6.45, 7) is 10.9. The van der Waals surface area contributed by atoms with Gasteiger partial charge in [0.25, 0.3) is 0 Å². The number of carbonyl (C=O) groups is 1. The van der Waals surface area contributed by atoms with Crippen LogP contribution < -0.4 is 4.74 Å². The average molecular weight is 328 g/mol. The summed E-state index contributed by atoms with van der Waals surface area (Å²) < 4.78 is 5.70. The Labute approximate surface area is 145 Å². The number of hydrogen-bond donors (Lipinski definition) is 1. The zero-order valence-electron chi connectivity index (χ0n) is 15.3. The standard InChI is InChI=1S/C19H22O3.C2H6/c1-4-10-22-18-9-8-15(11-13(18)3)17-12-16(19(20)21)7-6-14(17)5-2;1-2/h6-9,11-12H,4-5,10H2,1-3H3,(H,20,21);1-2H3. The average Bonchev–Trinajstić information content (AvgIpc) is 2.61. The Hall–Kier alpha value is -2.29. The van der Waals surface area contributed by atoms with Gasteiger partial charge in [0.2, 0.25) is 0 Å². The van der Waals surface area contributed by atoms with Gasteiger partial charge in [0.05, 0.1) is 12.2 Å². The number of aryl methyl sites for hydroxylation is 2. The van der Waals surface area contributed by atoms with E-state index in [-0.39, 0.29) is 0 Å². The van der Waals surface area contributed by atoms with Gasteiger partial charge < -0.3 is 9.84 Å². The molecule has 0 aliphatic rings. The summed E-state index contributed by atoms with van der Waals surface area (Å²) in [5.74, 6) is -0.0124. The van der Waals surface area contributed by atoms with Crippen molar-refractivity contribution in [1.29, 1.82) is 0 Å². The van der Waals surface area contributed by atoms with E-state index >= 15 is 0 Å². The van der Waals surface area contributed by atoms with E-state index in [9.17, 15) is 9.90 Å². The first kappa shape index (κ1) is 19.8. The fourth-order valence-corrected chi connectivity index (χ4v) is 2.48. The van der Waals surface area contributed by atoms with Crippen molar-refractivity contribution in [1.82, 2.24) is 0 Å². The van der Waals surface area contributed by atoms with Crippen LogP contribution in [0.15, 0.2) is 36.4 Å². The van der Waals surface area contributed by atoms with Crippen molar-refractivity contribution < 1.29 is 14.6 Å². The third-order valence-corrected chi connectivity index (χ3v) is 3.69. The molecule has 0 heterocycles. The lowest BCUT2D eigenvalue weighted by atomic mass is 9.94. The minimum atomic E-state index is -0.900. The molecule has 1 N–H and O–H groups in total. The smallest absolute Gasteiger partial charge is 0.335 e. The molecule has 0 unspecified atom stereocenters. The number of benzene rings is 2. The van der Waals surface area contributed by atoms with Crippen molar-refractivity contribution in [3.05, 3.63) is 53.1 Å². The molecule has 0 fully saturated rings. The highest BCUT2D eigenvalue weighted by atomic mass is 16.5. The first-order chi connectivity index (χ1) is 11.6. The number of rotatable bonds is 6. The highest BCUT2D eigenvalue weighted by Crippen LogP contribution is 2.30. The van der Waals surface area contributed by atoms with E-state index in [0.717, 1.165) is 40.8 Å². The van der Waals surface area contributed by atoms with Crippen molar-refractivity contribution in [2.24, 2.45) is 0 Å². The summed E-state index contributed by atoms with van der Waals surface area (Å²) in [6, 6.07) is 11.3. The van der Waals surface area contributed by atoms with E-state index in [2.05, 4.69) is 19.9 Å². The molecule has 0 spiro atoms. The minimum absolute atomic E-state index is 0.316. The lowest BCUT2D eigenvalue weighted by Gasteiger charge is -2.13. The van der Waals surface area contributed by atoms with E-state index in [1.54, 1.807) is 12.1 Å². The lowest BCUT2D eigenvalue weighted by Crippen LogP contribution is -1.99. The molecular formula is C21H28O3. The summed E-state index contributed by atoms with van der Waals surface area (Å²) in [4.78, 5) is 11.2. The predicted octanol–water partition coefficient (Wildman–Crippen LogP) is 5.74. The van der Waals surface area contributed by atoms with Crippen molar-refractivity contribution in [3.63, 3.8) is 0 Å². The van der Waals surface area contributed by atoms with Gasteiger partial charge >= 0.3 is 5.97 Å². The Kier molecular flexibility index (Phi) is 8.03. The second kappa shape index (κ2) is 9.76. The predicted molar refractivity (Wildman–Crippen MR) is 100 cm³/mol. The fraction of sp³-hybridized carbons (Fsp3) is 0.381. The topological polar surface area (TPSA) is 46.5 Å². The molecular weight excluding hydrogens is 300 g/mol. The van der Waals surface area contributed by atoms with Gasteiger partial charge in [-0.3, -0.25) is 0 Å². The fourth-order valence-electron chi connectivity index (χ4n) is 2.48. The molecule has 24 heavy (non-hydrogen) atoms. The molecule has 0 amide bonds. The molecule has 2 aromatic carbocycles. The Morgan fingerprint density at radius 3 is 2.33 bits per heavy atom. The van der Waals surface area contributed by atoms with Gasteiger partial charge in [-0.25, -0.2) is 4.79 Å². The number of hydrogen-bond acceptors (Lipinski definition) is 2. The van der Waals surface area contributed by atoms with E-state index < -0.39 is 5.97 Å². The number of carboxylic acids is 1. The first-order valence-electron chi connectivity index (χ1n) is 8.66. The highest BCUT2D eigenvalue weighted by molar-refractivity contribution is 5.90. The summed E-state index contributed by atoms with van der Waals surface area (Å²) >= 11 is 0. The largest absolute Gasteiger partial charge is 0.493 e. The summed E-state index contributed by atoms with van der Waals surface area (Å²) in [5.41, 5.74) is 4.53. The zero-order chi connectivity index (χ0) is 18.1. The van der Waals surface area contributed by atoms with Crippen LogP contribution in [-0.2, 0) is 6.42 Å². The second-order valence-electron chi connectivity index (χ2n) is 5.36. The molecule has 0 aromatic heterocycles. The molecule has 0 bridgehead atoms. The van der Waals surface area contributed by atoms with Crippen molar-refractivity contribution in [3.8, 4) is 16.9 Å². The Morgan fingerprint density at radius 2 is 1.79 bits per heavy atom. The maximum atomic E-state index is 11.2. The van der Waals surface area contributed by atoms with Crippen LogP contribution in [0.25, 0.3) is 11.1 Å². The zero-order valence-corrected chi connectivity index (χ0v) is 15.3. The van der Waals surface area contributed by atoms with E-state index in [1.807, 2.05) is 39.0 Å². The second-order valence-corrected chi connectivity index (χ2v) is 5.36. The third kappa shape index (κ3) is 4.85. The normalized spacial score (nSPS) is 9.88. The van der Waals surface area contributed by atoms with Crippen LogP contribution in [0.2, 0.25) is 0 Å². The van der Waals surface area contributed by atoms with Gasteiger partial charge in [0.15, 0.2) is 0 Å². The van der Waals surface area contributed by atoms with Crippen LogP contribution in [0.4, 0.5) is 0 Å². The monoisotopic (exact) mass is 328 g/mol. The molecule has 0 aliphatic carbocycles.